The molecule has 1 heterocycles. The monoisotopic (exact) mass is 467 g/mol. The Balaban J connectivity index is 1.69. The molecule has 0 bridgehead atoms. The van der Waals surface area contributed by atoms with E-state index in [9.17, 15) is 14.4 Å². The van der Waals surface area contributed by atoms with E-state index in [0.717, 1.165) is 5.56 Å². The second-order valence-electron chi connectivity index (χ2n) is 8.61. The lowest BCUT2D eigenvalue weighted by atomic mass is 9.79. The van der Waals surface area contributed by atoms with Gasteiger partial charge in [0.2, 0.25) is 6.23 Å². The minimum atomic E-state index is -1.43. The van der Waals surface area contributed by atoms with Gasteiger partial charge in [0, 0.05) is 29.0 Å². The van der Waals surface area contributed by atoms with Crippen LogP contribution in [0, 0.1) is 0 Å². The summed E-state index contributed by atoms with van der Waals surface area (Å²) >= 11 is 0. The standard InChI is InChI=1S/C29H25NO5/c1-2-34-27(32)23-18-24(20-12-6-3-7-13-20)29(19-23)28(33)35-26(22-16-10-5-11-17-22)30(29)25(31)21-14-8-4-9-15-21/h3-18,24,26H,2,19H2,1H3/t24-,26+,29-/m0/s1. The Bertz CT molecular complexity index is 1270. The van der Waals surface area contributed by atoms with Crippen molar-refractivity contribution in [2.45, 2.75) is 31.0 Å². The Kier molecular flexibility index (Phi) is 5.95. The van der Waals surface area contributed by atoms with E-state index < -0.39 is 29.6 Å². The number of carbonyl (C=O) groups excluding carboxylic acids is 3. The summed E-state index contributed by atoms with van der Waals surface area (Å²) in [6.07, 6.45) is 0.830. The normalized spacial score (nSPS) is 23.2. The molecule has 1 saturated heterocycles. The second kappa shape index (κ2) is 9.22. The molecular formula is C29H25NO5. The number of benzene rings is 3. The predicted molar refractivity (Wildman–Crippen MR) is 129 cm³/mol. The fourth-order valence-electron chi connectivity index (χ4n) is 5.03. The first kappa shape index (κ1) is 22.6. The lowest BCUT2D eigenvalue weighted by Gasteiger charge is -2.38. The fourth-order valence-corrected chi connectivity index (χ4v) is 5.03. The molecule has 0 unspecified atom stereocenters. The summed E-state index contributed by atoms with van der Waals surface area (Å²) in [6.45, 7) is 1.95. The van der Waals surface area contributed by atoms with Crippen molar-refractivity contribution in [2.75, 3.05) is 6.61 Å². The third-order valence-electron chi connectivity index (χ3n) is 6.60. The molecule has 3 atom stereocenters. The van der Waals surface area contributed by atoms with Crippen LogP contribution in [-0.2, 0) is 19.1 Å². The van der Waals surface area contributed by atoms with Crippen LogP contribution >= 0.6 is 0 Å². The molecule has 176 valence electrons. The Morgan fingerprint density at radius 1 is 0.914 bits per heavy atom. The Hall–Kier alpha value is -4.19. The van der Waals surface area contributed by atoms with Crippen molar-refractivity contribution >= 4 is 17.8 Å². The van der Waals surface area contributed by atoms with Gasteiger partial charge in [-0.05, 0) is 24.6 Å². The molecule has 35 heavy (non-hydrogen) atoms. The van der Waals surface area contributed by atoms with Crippen LogP contribution in [0.1, 0.15) is 47.0 Å². The number of rotatable bonds is 5. The minimum absolute atomic E-state index is 0.00609. The molecule has 0 N–H and O–H groups in total. The smallest absolute Gasteiger partial charge is 0.335 e. The highest BCUT2D eigenvalue weighted by atomic mass is 16.6. The highest BCUT2D eigenvalue weighted by Crippen LogP contribution is 2.54. The van der Waals surface area contributed by atoms with E-state index in [1.54, 1.807) is 37.3 Å². The third-order valence-corrected chi connectivity index (χ3v) is 6.60. The summed E-state index contributed by atoms with van der Waals surface area (Å²) in [7, 11) is 0. The summed E-state index contributed by atoms with van der Waals surface area (Å²) in [4.78, 5) is 42.3. The van der Waals surface area contributed by atoms with E-state index in [-0.39, 0.29) is 18.9 Å². The van der Waals surface area contributed by atoms with Crippen LogP contribution in [0.15, 0.2) is 103 Å². The van der Waals surface area contributed by atoms with Crippen molar-refractivity contribution in [1.82, 2.24) is 4.90 Å². The number of hydrogen-bond donors (Lipinski definition) is 0. The molecule has 3 aromatic carbocycles. The fraction of sp³-hybridized carbons (Fsp3) is 0.207. The van der Waals surface area contributed by atoms with Crippen LogP contribution in [0.25, 0.3) is 0 Å². The topological polar surface area (TPSA) is 72.9 Å². The largest absolute Gasteiger partial charge is 0.463 e. The van der Waals surface area contributed by atoms with E-state index in [4.69, 9.17) is 9.47 Å². The number of nitrogens with zero attached hydrogens (tertiary/aromatic N) is 1. The van der Waals surface area contributed by atoms with Gasteiger partial charge in [-0.2, -0.15) is 0 Å². The first-order chi connectivity index (χ1) is 17.1. The van der Waals surface area contributed by atoms with Gasteiger partial charge in [-0.1, -0.05) is 84.9 Å². The van der Waals surface area contributed by atoms with E-state index in [0.29, 0.717) is 16.7 Å². The lowest BCUT2D eigenvalue weighted by molar-refractivity contribution is -0.145. The van der Waals surface area contributed by atoms with Crippen LogP contribution in [0.3, 0.4) is 0 Å². The molecule has 2 aliphatic rings. The maximum atomic E-state index is 14.1. The van der Waals surface area contributed by atoms with Gasteiger partial charge in [-0.25, -0.2) is 9.59 Å². The van der Waals surface area contributed by atoms with Crippen molar-refractivity contribution in [1.29, 1.82) is 0 Å². The van der Waals surface area contributed by atoms with Crippen molar-refractivity contribution in [3.63, 3.8) is 0 Å². The average Bonchev–Trinajstić information content (AvgIpc) is 3.44. The Morgan fingerprint density at radius 2 is 1.49 bits per heavy atom. The first-order valence-corrected chi connectivity index (χ1v) is 11.6. The van der Waals surface area contributed by atoms with Crippen molar-refractivity contribution in [3.8, 4) is 0 Å². The molecule has 1 aliphatic carbocycles. The zero-order valence-corrected chi connectivity index (χ0v) is 19.3. The zero-order chi connectivity index (χ0) is 24.4. The number of carbonyl (C=O) groups is 3. The molecule has 6 heteroatoms. The zero-order valence-electron chi connectivity index (χ0n) is 19.3. The number of esters is 2. The highest BCUT2D eigenvalue weighted by molar-refractivity contribution is 6.03. The summed E-state index contributed by atoms with van der Waals surface area (Å²) in [5.74, 6) is -1.96. The van der Waals surface area contributed by atoms with E-state index in [1.165, 1.54) is 4.90 Å². The van der Waals surface area contributed by atoms with Crippen LogP contribution in [0.5, 0.6) is 0 Å². The SMILES string of the molecule is CCOC(=O)C1=C[C@@H](c2ccccc2)[C@@]2(C1)C(=O)O[C@H](c1ccccc1)N2C(=O)c1ccccc1. The number of cyclic esters (lactones) is 1. The van der Waals surface area contributed by atoms with Crippen molar-refractivity contribution in [3.05, 3.63) is 119 Å². The molecule has 1 aliphatic heterocycles. The summed E-state index contributed by atoms with van der Waals surface area (Å²) < 4.78 is 11.2. The number of ether oxygens (including phenoxy) is 2. The predicted octanol–water partition coefficient (Wildman–Crippen LogP) is 4.80. The van der Waals surface area contributed by atoms with Gasteiger partial charge in [0.05, 0.1) is 6.61 Å². The van der Waals surface area contributed by atoms with Crippen LogP contribution in [0.2, 0.25) is 0 Å². The average molecular weight is 468 g/mol. The first-order valence-electron chi connectivity index (χ1n) is 11.6. The maximum absolute atomic E-state index is 14.1. The summed E-state index contributed by atoms with van der Waals surface area (Å²) in [5, 5.41) is 0. The molecule has 0 radical (unpaired) electrons. The van der Waals surface area contributed by atoms with Gasteiger partial charge in [0.15, 0.2) is 5.54 Å². The van der Waals surface area contributed by atoms with Crippen LogP contribution in [-0.4, -0.2) is 34.9 Å². The highest BCUT2D eigenvalue weighted by Gasteiger charge is 2.64. The van der Waals surface area contributed by atoms with Gasteiger partial charge in [0.25, 0.3) is 5.91 Å². The Morgan fingerprint density at radius 3 is 2.09 bits per heavy atom. The van der Waals surface area contributed by atoms with E-state index in [1.807, 2.05) is 66.7 Å². The molecule has 6 nitrogen and oxygen atoms in total. The molecule has 3 aromatic rings. The summed E-state index contributed by atoms with van der Waals surface area (Å²) in [5.41, 5.74) is 0.845. The van der Waals surface area contributed by atoms with Crippen molar-refractivity contribution < 1.29 is 23.9 Å². The number of hydrogen-bond acceptors (Lipinski definition) is 5. The maximum Gasteiger partial charge on any atom is 0.335 e. The molecule has 1 spiro atoms. The van der Waals surface area contributed by atoms with Crippen molar-refractivity contribution in [2.24, 2.45) is 0 Å². The second-order valence-corrected chi connectivity index (χ2v) is 8.61. The molecule has 1 fully saturated rings. The van der Waals surface area contributed by atoms with E-state index in [2.05, 4.69) is 0 Å². The lowest BCUT2D eigenvalue weighted by Crippen LogP contribution is -2.54. The number of amides is 1. The van der Waals surface area contributed by atoms with E-state index >= 15 is 0 Å². The Labute approximate surface area is 203 Å². The van der Waals surface area contributed by atoms with Gasteiger partial charge >= 0.3 is 11.9 Å². The third kappa shape index (κ3) is 3.81. The summed E-state index contributed by atoms with van der Waals surface area (Å²) in [6, 6.07) is 27.4. The quantitative estimate of drug-likeness (QED) is 0.504. The minimum Gasteiger partial charge on any atom is -0.463 e. The van der Waals surface area contributed by atoms with Gasteiger partial charge in [0.1, 0.15) is 0 Å². The van der Waals surface area contributed by atoms with Crippen LogP contribution in [0.4, 0.5) is 0 Å². The molecule has 0 aromatic heterocycles. The molecular weight excluding hydrogens is 442 g/mol. The van der Waals surface area contributed by atoms with Crippen LogP contribution < -0.4 is 0 Å². The van der Waals surface area contributed by atoms with Gasteiger partial charge in [-0.15, -0.1) is 0 Å². The van der Waals surface area contributed by atoms with Gasteiger partial charge < -0.3 is 9.47 Å². The van der Waals surface area contributed by atoms with Gasteiger partial charge in [-0.3, -0.25) is 9.69 Å². The molecule has 1 amide bonds. The molecule has 0 saturated carbocycles. The molecule has 5 rings (SSSR count).